The normalized spacial score (nSPS) is 10.5. The minimum Gasteiger partial charge on any atom is -0.496 e. The molecule has 5 heteroatoms. The monoisotopic (exact) mass is 296 g/mol. The summed E-state index contributed by atoms with van der Waals surface area (Å²) >= 11 is 3.43. The van der Waals surface area contributed by atoms with Gasteiger partial charge in [0.15, 0.2) is 0 Å². The van der Waals surface area contributed by atoms with E-state index in [1.165, 1.54) is 0 Å². The molecule has 1 heterocycles. The van der Waals surface area contributed by atoms with Gasteiger partial charge in [-0.05, 0) is 18.2 Å². The number of aliphatic hydroxyl groups excluding tert-OH is 1. The maximum Gasteiger partial charge on any atom is 0.124 e. The second-order valence-electron chi connectivity index (χ2n) is 3.66. The molecule has 0 aliphatic heterocycles. The summed E-state index contributed by atoms with van der Waals surface area (Å²) in [5.41, 5.74) is 1.84. The highest BCUT2D eigenvalue weighted by Gasteiger charge is 2.05. The maximum atomic E-state index is 8.98. The zero-order valence-corrected chi connectivity index (χ0v) is 11.0. The third kappa shape index (κ3) is 2.87. The Labute approximate surface area is 108 Å². The van der Waals surface area contributed by atoms with Gasteiger partial charge in [0.05, 0.1) is 26.5 Å². The second-order valence-corrected chi connectivity index (χ2v) is 4.58. The summed E-state index contributed by atoms with van der Waals surface area (Å²) in [6.45, 7) is 0.623. The Morgan fingerprint density at radius 3 is 2.94 bits per heavy atom. The predicted octanol–water partition coefficient (Wildman–Crippen LogP) is 2.19. The molecule has 4 nitrogen and oxygen atoms in total. The first kappa shape index (κ1) is 12.1. The second kappa shape index (κ2) is 5.33. The minimum absolute atomic E-state index is 0.00954. The molecule has 0 bridgehead atoms. The highest BCUT2D eigenvalue weighted by molar-refractivity contribution is 9.10. The maximum absolute atomic E-state index is 8.98. The average Bonchev–Trinajstić information content (AvgIpc) is 2.77. The minimum atomic E-state index is 0.00954. The molecule has 90 valence electrons. The number of halogens is 1. The molecule has 0 aliphatic carbocycles. The van der Waals surface area contributed by atoms with Gasteiger partial charge in [-0.25, -0.2) is 0 Å². The first-order valence-corrected chi connectivity index (χ1v) is 5.97. The summed E-state index contributed by atoms with van der Waals surface area (Å²) < 4.78 is 8.07. The average molecular weight is 297 g/mol. The lowest BCUT2D eigenvalue weighted by Gasteiger charge is -2.09. The van der Waals surface area contributed by atoms with Gasteiger partial charge in [-0.2, -0.15) is 5.10 Å². The Kier molecular flexibility index (Phi) is 3.81. The molecule has 0 spiro atoms. The number of aliphatic hydroxyl groups is 1. The molecular weight excluding hydrogens is 284 g/mol. The molecule has 0 fully saturated rings. The number of rotatable bonds is 4. The van der Waals surface area contributed by atoms with Gasteiger partial charge in [-0.1, -0.05) is 15.9 Å². The van der Waals surface area contributed by atoms with E-state index >= 15 is 0 Å². The van der Waals surface area contributed by atoms with E-state index in [1.54, 1.807) is 18.0 Å². The molecule has 17 heavy (non-hydrogen) atoms. The summed E-state index contributed by atoms with van der Waals surface area (Å²) in [5, 5.41) is 13.1. The van der Waals surface area contributed by atoms with Crippen LogP contribution >= 0.6 is 15.9 Å². The van der Waals surface area contributed by atoms with Gasteiger partial charge in [0.2, 0.25) is 0 Å². The van der Waals surface area contributed by atoms with Crippen molar-refractivity contribution in [3.63, 3.8) is 0 Å². The highest BCUT2D eigenvalue weighted by Crippen LogP contribution is 2.23. The SMILES string of the molecule is COc1ccc(Br)cc1Cn1cc(CO)cn1. The quantitative estimate of drug-likeness (QED) is 0.941. The summed E-state index contributed by atoms with van der Waals surface area (Å²) in [5.74, 6) is 0.828. The van der Waals surface area contributed by atoms with Crippen molar-refractivity contribution >= 4 is 15.9 Å². The van der Waals surface area contributed by atoms with Crippen molar-refractivity contribution < 1.29 is 9.84 Å². The van der Waals surface area contributed by atoms with Crippen molar-refractivity contribution in [1.82, 2.24) is 9.78 Å². The zero-order valence-electron chi connectivity index (χ0n) is 9.43. The first-order chi connectivity index (χ1) is 8.22. The molecule has 2 aromatic rings. The highest BCUT2D eigenvalue weighted by atomic mass is 79.9. The Morgan fingerprint density at radius 1 is 1.47 bits per heavy atom. The number of ether oxygens (including phenoxy) is 1. The Balaban J connectivity index is 2.25. The van der Waals surface area contributed by atoms with Crippen molar-refractivity contribution in [2.24, 2.45) is 0 Å². The fraction of sp³-hybridized carbons (Fsp3) is 0.250. The fourth-order valence-electron chi connectivity index (χ4n) is 1.62. The predicted molar refractivity (Wildman–Crippen MR) is 67.9 cm³/mol. The summed E-state index contributed by atoms with van der Waals surface area (Å²) in [6.07, 6.45) is 3.48. The molecule has 0 amide bonds. The number of benzene rings is 1. The third-order valence-corrected chi connectivity index (χ3v) is 2.94. The Morgan fingerprint density at radius 2 is 2.29 bits per heavy atom. The van der Waals surface area contributed by atoms with E-state index in [2.05, 4.69) is 21.0 Å². The zero-order chi connectivity index (χ0) is 12.3. The molecule has 1 aromatic heterocycles. The van der Waals surface area contributed by atoms with Gasteiger partial charge < -0.3 is 9.84 Å². The lowest BCUT2D eigenvalue weighted by Crippen LogP contribution is -2.02. The fourth-order valence-corrected chi connectivity index (χ4v) is 2.03. The van der Waals surface area contributed by atoms with Crippen LogP contribution in [0.25, 0.3) is 0 Å². The van der Waals surface area contributed by atoms with Crippen molar-refractivity contribution in [1.29, 1.82) is 0 Å². The molecule has 0 saturated heterocycles. The molecule has 0 unspecified atom stereocenters. The van der Waals surface area contributed by atoms with Crippen molar-refractivity contribution in [2.75, 3.05) is 7.11 Å². The summed E-state index contributed by atoms with van der Waals surface area (Å²) in [7, 11) is 1.65. The number of hydrogen-bond donors (Lipinski definition) is 1. The van der Waals surface area contributed by atoms with Crippen LogP contribution in [0.2, 0.25) is 0 Å². The van der Waals surface area contributed by atoms with Crippen molar-refractivity contribution in [3.05, 3.63) is 46.2 Å². The molecule has 0 radical (unpaired) electrons. The van der Waals surface area contributed by atoms with Crippen LogP contribution in [-0.2, 0) is 13.2 Å². The summed E-state index contributed by atoms with van der Waals surface area (Å²) in [4.78, 5) is 0. The molecule has 2 rings (SSSR count). The largest absolute Gasteiger partial charge is 0.496 e. The lowest BCUT2D eigenvalue weighted by atomic mass is 10.2. The van der Waals surface area contributed by atoms with Crippen LogP contribution in [0.15, 0.2) is 35.1 Å². The van der Waals surface area contributed by atoms with Crippen LogP contribution in [0.5, 0.6) is 5.75 Å². The van der Waals surface area contributed by atoms with E-state index in [0.29, 0.717) is 6.54 Å². The van der Waals surface area contributed by atoms with Crippen LogP contribution in [-0.4, -0.2) is 22.0 Å². The molecule has 1 aromatic carbocycles. The topological polar surface area (TPSA) is 47.3 Å². The lowest BCUT2D eigenvalue weighted by molar-refractivity contribution is 0.281. The number of hydrogen-bond acceptors (Lipinski definition) is 3. The molecule has 0 aliphatic rings. The summed E-state index contributed by atoms with van der Waals surface area (Å²) in [6, 6.07) is 5.85. The number of methoxy groups -OCH3 is 1. The van der Waals surface area contributed by atoms with Gasteiger partial charge in [-0.15, -0.1) is 0 Å². The standard InChI is InChI=1S/C12H13BrN2O2/c1-17-12-3-2-11(13)4-10(12)7-15-6-9(8-16)5-14-15/h2-6,16H,7-8H2,1H3. The third-order valence-electron chi connectivity index (χ3n) is 2.44. The van der Waals surface area contributed by atoms with Gasteiger partial charge in [0.1, 0.15) is 5.75 Å². The van der Waals surface area contributed by atoms with Crippen molar-refractivity contribution in [2.45, 2.75) is 13.2 Å². The molecule has 1 N–H and O–H groups in total. The van der Waals surface area contributed by atoms with E-state index < -0.39 is 0 Å². The van der Waals surface area contributed by atoms with Crippen LogP contribution < -0.4 is 4.74 Å². The van der Waals surface area contributed by atoms with Gasteiger partial charge >= 0.3 is 0 Å². The molecular formula is C12H13BrN2O2. The molecule has 0 atom stereocenters. The van der Waals surface area contributed by atoms with Crippen LogP contribution in [0, 0.1) is 0 Å². The van der Waals surface area contributed by atoms with E-state index in [1.807, 2.05) is 24.4 Å². The van der Waals surface area contributed by atoms with Gasteiger partial charge in [-0.3, -0.25) is 4.68 Å². The van der Waals surface area contributed by atoms with E-state index in [9.17, 15) is 0 Å². The Bertz CT molecular complexity index is 511. The molecule has 0 saturated carbocycles. The van der Waals surface area contributed by atoms with E-state index in [0.717, 1.165) is 21.3 Å². The number of aromatic nitrogens is 2. The van der Waals surface area contributed by atoms with Crippen LogP contribution in [0.4, 0.5) is 0 Å². The first-order valence-electron chi connectivity index (χ1n) is 5.17. The van der Waals surface area contributed by atoms with E-state index in [-0.39, 0.29) is 6.61 Å². The van der Waals surface area contributed by atoms with Crippen LogP contribution in [0.1, 0.15) is 11.1 Å². The van der Waals surface area contributed by atoms with Crippen LogP contribution in [0.3, 0.4) is 0 Å². The van der Waals surface area contributed by atoms with Gasteiger partial charge in [0.25, 0.3) is 0 Å². The van der Waals surface area contributed by atoms with Crippen molar-refractivity contribution in [3.8, 4) is 5.75 Å². The smallest absolute Gasteiger partial charge is 0.124 e. The van der Waals surface area contributed by atoms with Gasteiger partial charge in [0, 0.05) is 21.8 Å². The number of nitrogens with zero attached hydrogens (tertiary/aromatic N) is 2. The van der Waals surface area contributed by atoms with E-state index in [4.69, 9.17) is 9.84 Å². The Hall–Kier alpha value is -1.33.